The number of piperazine rings is 1. The van der Waals surface area contributed by atoms with Gasteiger partial charge in [0.25, 0.3) is 0 Å². The van der Waals surface area contributed by atoms with Gasteiger partial charge in [-0.2, -0.15) is 0 Å². The number of hydrogen-bond acceptors (Lipinski definition) is 4. The van der Waals surface area contributed by atoms with Crippen molar-refractivity contribution in [3.8, 4) is 5.75 Å². The summed E-state index contributed by atoms with van der Waals surface area (Å²) in [6, 6.07) is 6.78. The van der Waals surface area contributed by atoms with Gasteiger partial charge in [0, 0.05) is 26.2 Å². The Morgan fingerprint density at radius 2 is 1.43 bits per heavy atom. The number of anilines is 2. The Labute approximate surface area is 157 Å². The lowest BCUT2D eigenvalue weighted by Gasteiger charge is -2.35. The maximum Gasteiger partial charge on any atom is 0.238 e. The smallest absolute Gasteiger partial charge is 0.238 e. The Bertz CT molecular complexity index is 872. The van der Waals surface area contributed by atoms with Gasteiger partial charge < -0.3 is 15.3 Å². The fraction of sp³-hybridized carbons (Fsp3) is 0.278. The molecule has 1 aliphatic rings. The van der Waals surface area contributed by atoms with E-state index in [9.17, 15) is 31.9 Å². The highest BCUT2D eigenvalue weighted by Crippen LogP contribution is 2.28. The molecule has 0 atom stereocenters. The molecule has 1 amide bonds. The topological polar surface area (TPSA) is 55.8 Å². The van der Waals surface area contributed by atoms with Crippen LogP contribution in [0.5, 0.6) is 5.75 Å². The van der Waals surface area contributed by atoms with Gasteiger partial charge in [-0.25, -0.2) is 22.0 Å². The van der Waals surface area contributed by atoms with Crippen molar-refractivity contribution in [2.45, 2.75) is 0 Å². The summed E-state index contributed by atoms with van der Waals surface area (Å²) in [5.41, 5.74) is -0.720. The van der Waals surface area contributed by atoms with Crippen LogP contribution in [-0.4, -0.2) is 48.6 Å². The number of phenolic OH excluding ortho intramolecular Hbond substituents is 1. The number of benzene rings is 2. The van der Waals surface area contributed by atoms with Crippen molar-refractivity contribution in [3.63, 3.8) is 0 Å². The van der Waals surface area contributed by atoms with Crippen LogP contribution in [0.3, 0.4) is 0 Å². The Hall–Kier alpha value is -2.88. The first-order valence-electron chi connectivity index (χ1n) is 8.36. The lowest BCUT2D eigenvalue weighted by atomic mass is 10.2. The van der Waals surface area contributed by atoms with Crippen molar-refractivity contribution in [2.75, 3.05) is 42.9 Å². The fourth-order valence-electron chi connectivity index (χ4n) is 2.98. The minimum Gasteiger partial charge on any atom is -0.506 e. The zero-order valence-electron chi connectivity index (χ0n) is 14.5. The number of carbonyl (C=O) groups excluding carboxylic acids is 1. The van der Waals surface area contributed by atoms with E-state index in [1.807, 2.05) is 4.90 Å². The highest BCUT2D eigenvalue weighted by atomic mass is 19.2. The number of aromatic hydroxyl groups is 1. The lowest BCUT2D eigenvalue weighted by Crippen LogP contribution is -2.48. The van der Waals surface area contributed by atoms with Crippen LogP contribution in [0.1, 0.15) is 0 Å². The molecule has 28 heavy (non-hydrogen) atoms. The van der Waals surface area contributed by atoms with Crippen molar-refractivity contribution < 1.29 is 31.9 Å². The molecule has 5 nitrogen and oxygen atoms in total. The molecular formula is C18H16F5N3O2. The number of carbonyl (C=O) groups is 1. The number of hydrogen-bond donors (Lipinski definition) is 2. The number of phenols is 1. The molecule has 1 aliphatic heterocycles. The van der Waals surface area contributed by atoms with Gasteiger partial charge in [-0.15, -0.1) is 0 Å². The van der Waals surface area contributed by atoms with Gasteiger partial charge in [0.15, 0.2) is 23.3 Å². The first-order valence-corrected chi connectivity index (χ1v) is 8.36. The molecule has 2 aromatic rings. The predicted molar refractivity (Wildman–Crippen MR) is 91.6 cm³/mol. The average Bonchev–Trinajstić information content (AvgIpc) is 2.69. The second kappa shape index (κ2) is 8.01. The summed E-state index contributed by atoms with van der Waals surface area (Å²) in [7, 11) is 0. The van der Waals surface area contributed by atoms with E-state index in [0.717, 1.165) is 0 Å². The third kappa shape index (κ3) is 3.86. The lowest BCUT2D eigenvalue weighted by molar-refractivity contribution is -0.117. The zero-order valence-corrected chi connectivity index (χ0v) is 14.5. The molecule has 0 saturated carbocycles. The molecule has 0 aromatic heterocycles. The molecule has 2 N–H and O–H groups in total. The van der Waals surface area contributed by atoms with Crippen molar-refractivity contribution >= 4 is 17.3 Å². The maximum absolute atomic E-state index is 13.6. The summed E-state index contributed by atoms with van der Waals surface area (Å²) in [4.78, 5) is 15.6. The highest BCUT2D eigenvalue weighted by Gasteiger charge is 2.27. The van der Waals surface area contributed by atoms with E-state index in [4.69, 9.17) is 0 Å². The molecule has 2 aromatic carbocycles. The molecule has 0 unspecified atom stereocenters. The van der Waals surface area contributed by atoms with Crippen molar-refractivity contribution in [2.24, 2.45) is 0 Å². The van der Waals surface area contributed by atoms with Crippen molar-refractivity contribution in [1.82, 2.24) is 4.90 Å². The summed E-state index contributed by atoms with van der Waals surface area (Å²) in [6.45, 7) is 1.48. The molecule has 1 fully saturated rings. The second-order valence-electron chi connectivity index (χ2n) is 6.24. The second-order valence-corrected chi connectivity index (χ2v) is 6.24. The van der Waals surface area contributed by atoms with E-state index < -0.39 is 40.7 Å². The van der Waals surface area contributed by atoms with Gasteiger partial charge in [-0.3, -0.25) is 9.69 Å². The Kier molecular flexibility index (Phi) is 5.68. The monoisotopic (exact) mass is 401 g/mol. The molecular weight excluding hydrogens is 385 g/mol. The molecule has 0 aliphatic carbocycles. The third-order valence-corrected chi connectivity index (χ3v) is 4.44. The Morgan fingerprint density at radius 1 is 0.893 bits per heavy atom. The minimum absolute atomic E-state index is 0.125. The number of halogens is 5. The van der Waals surface area contributed by atoms with Crippen LogP contribution < -0.4 is 10.2 Å². The summed E-state index contributed by atoms with van der Waals surface area (Å²) < 4.78 is 66.7. The van der Waals surface area contributed by atoms with Crippen LogP contribution in [0.4, 0.5) is 33.3 Å². The standard InChI is InChI=1S/C18H16F5N3O2/c19-13-14(20)16(22)18(17(23)15(13)21)24-12(28)9-25-5-7-26(8-6-25)10-3-1-2-4-11(10)27/h1-4,27H,5-9H2,(H,24,28). The first kappa shape index (κ1) is 19.9. The van der Waals surface area contributed by atoms with Crippen LogP contribution in [0, 0.1) is 29.1 Å². The average molecular weight is 401 g/mol. The Balaban J connectivity index is 1.61. The summed E-state index contributed by atoms with van der Waals surface area (Å²) in [6.07, 6.45) is 0. The van der Waals surface area contributed by atoms with Crippen LogP contribution in [0.25, 0.3) is 0 Å². The van der Waals surface area contributed by atoms with Gasteiger partial charge >= 0.3 is 0 Å². The number of nitrogens with zero attached hydrogens (tertiary/aromatic N) is 2. The quantitative estimate of drug-likeness (QED) is 0.470. The van der Waals surface area contributed by atoms with Crippen LogP contribution in [-0.2, 0) is 4.79 Å². The Morgan fingerprint density at radius 3 is 2.00 bits per heavy atom. The summed E-state index contributed by atoms with van der Waals surface area (Å²) in [5.74, 6) is -11.5. The third-order valence-electron chi connectivity index (χ3n) is 4.44. The van der Waals surface area contributed by atoms with Gasteiger partial charge in [0.2, 0.25) is 11.7 Å². The van der Waals surface area contributed by atoms with Gasteiger partial charge in [-0.05, 0) is 12.1 Å². The van der Waals surface area contributed by atoms with Crippen LogP contribution in [0.2, 0.25) is 0 Å². The van der Waals surface area contributed by atoms with E-state index in [2.05, 4.69) is 0 Å². The van der Waals surface area contributed by atoms with Crippen molar-refractivity contribution in [1.29, 1.82) is 0 Å². The summed E-state index contributed by atoms with van der Waals surface area (Å²) >= 11 is 0. The van der Waals surface area contributed by atoms with E-state index in [1.165, 1.54) is 0 Å². The fourth-order valence-corrected chi connectivity index (χ4v) is 2.98. The minimum atomic E-state index is -2.28. The van der Waals surface area contributed by atoms with E-state index in [1.54, 1.807) is 34.5 Å². The molecule has 1 heterocycles. The molecule has 0 spiro atoms. The molecule has 1 saturated heterocycles. The first-order chi connectivity index (χ1) is 13.3. The van der Waals surface area contributed by atoms with E-state index in [0.29, 0.717) is 31.9 Å². The molecule has 0 bridgehead atoms. The van der Waals surface area contributed by atoms with Gasteiger partial charge in [0.05, 0.1) is 12.2 Å². The number of rotatable bonds is 4. The summed E-state index contributed by atoms with van der Waals surface area (Å²) in [5, 5.41) is 11.6. The predicted octanol–water partition coefficient (Wildman–Crippen LogP) is 2.85. The SMILES string of the molecule is O=C(CN1CCN(c2ccccc2O)CC1)Nc1c(F)c(F)c(F)c(F)c1F. The van der Waals surface area contributed by atoms with Gasteiger partial charge in [0.1, 0.15) is 11.4 Å². The van der Waals surface area contributed by atoms with Crippen LogP contribution in [0.15, 0.2) is 24.3 Å². The molecule has 10 heteroatoms. The maximum atomic E-state index is 13.6. The number of amides is 1. The van der Waals surface area contributed by atoms with E-state index in [-0.39, 0.29) is 12.3 Å². The molecule has 0 radical (unpaired) electrons. The number of para-hydroxylation sites is 2. The normalized spacial score (nSPS) is 15.0. The van der Waals surface area contributed by atoms with E-state index >= 15 is 0 Å². The van der Waals surface area contributed by atoms with Crippen molar-refractivity contribution in [3.05, 3.63) is 53.4 Å². The largest absolute Gasteiger partial charge is 0.506 e. The molecule has 150 valence electrons. The number of nitrogens with one attached hydrogen (secondary N) is 1. The van der Waals surface area contributed by atoms with Crippen LogP contribution >= 0.6 is 0 Å². The highest BCUT2D eigenvalue weighted by molar-refractivity contribution is 5.92. The zero-order chi connectivity index (χ0) is 20.4. The molecule has 3 rings (SSSR count). The van der Waals surface area contributed by atoms with Gasteiger partial charge in [-0.1, -0.05) is 12.1 Å².